The average Bonchev–Trinajstić information content (AvgIpc) is 2.44. The van der Waals surface area contributed by atoms with Gasteiger partial charge in [0.1, 0.15) is 0 Å². The zero-order valence-corrected chi connectivity index (χ0v) is 16.5. The van der Waals surface area contributed by atoms with Crippen LogP contribution in [0.4, 0.5) is 0 Å². The van der Waals surface area contributed by atoms with Crippen LogP contribution in [-0.4, -0.2) is 27.0 Å². The van der Waals surface area contributed by atoms with E-state index in [0.29, 0.717) is 12.2 Å². The monoisotopic (exact) mass is 410 g/mol. The lowest BCUT2D eigenvalue weighted by molar-refractivity contribution is -0.139. The molecule has 3 nitrogen and oxygen atoms in total. The van der Waals surface area contributed by atoms with E-state index in [1.807, 2.05) is 13.8 Å². The lowest BCUT2D eigenvalue weighted by Crippen LogP contribution is -2.42. The van der Waals surface area contributed by atoms with Crippen molar-refractivity contribution in [1.82, 2.24) is 0 Å². The largest absolute Gasteiger partial charge is 0.463 e. The van der Waals surface area contributed by atoms with Gasteiger partial charge in [-0.1, -0.05) is 49.9 Å². The quantitative estimate of drug-likeness (QED) is 0.180. The minimum absolute atomic E-state index is 0.305. The number of rotatable bonds is 9. The van der Waals surface area contributed by atoms with Crippen molar-refractivity contribution < 1.29 is 14.0 Å². The van der Waals surface area contributed by atoms with Gasteiger partial charge in [0, 0.05) is 0 Å². The summed E-state index contributed by atoms with van der Waals surface area (Å²) in [7, 11) is -1.80. The molecule has 0 spiro atoms. The van der Waals surface area contributed by atoms with E-state index in [9.17, 15) is 4.79 Å². The van der Waals surface area contributed by atoms with Crippen molar-refractivity contribution in [3.63, 3.8) is 0 Å². The van der Waals surface area contributed by atoms with Gasteiger partial charge in [-0.3, -0.25) is 0 Å². The van der Waals surface area contributed by atoms with Gasteiger partial charge >= 0.3 is 5.97 Å². The highest BCUT2D eigenvalue weighted by Crippen LogP contribution is 2.29. The maximum atomic E-state index is 12.1. The number of hydrogen-bond acceptors (Lipinski definition) is 3. The molecule has 0 bridgehead atoms. The van der Waals surface area contributed by atoms with E-state index in [2.05, 4.69) is 49.9 Å². The molecule has 0 aliphatic heterocycles. The molecule has 0 heterocycles. The van der Waals surface area contributed by atoms with E-state index in [0.717, 1.165) is 23.7 Å². The van der Waals surface area contributed by atoms with E-state index in [1.54, 1.807) is 4.08 Å². The molecule has 116 valence electrons. The van der Waals surface area contributed by atoms with Crippen LogP contribution in [0.3, 0.4) is 0 Å². The maximum absolute atomic E-state index is 12.1. The van der Waals surface area contributed by atoms with Gasteiger partial charge in [-0.15, -0.1) is 0 Å². The summed E-state index contributed by atoms with van der Waals surface area (Å²) in [5.74, 6) is -0.305. The average molecular weight is 410 g/mol. The van der Waals surface area contributed by atoms with Gasteiger partial charge in [-0.25, -0.2) is 4.79 Å². The molecular formula is C15H27IO3Si. The number of esters is 1. The Hall–Kier alpha value is -0.143. The van der Waals surface area contributed by atoms with Gasteiger partial charge in [0.15, 0.2) is 8.32 Å². The summed E-state index contributed by atoms with van der Waals surface area (Å²) in [6.07, 6.45) is -0.350. The summed E-state index contributed by atoms with van der Waals surface area (Å²) in [6.45, 7) is 14.6. The van der Waals surface area contributed by atoms with Crippen molar-refractivity contribution in [2.45, 2.75) is 58.9 Å². The summed E-state index contributed by atoms with van der Waals surface area (Å²) in [6, 6.07) is 3.13. The second-order valence-electron chi connectivity index (χ2n) is 4.87. The molecule has 1 unspecified atom stereocenters. The minimum atomic E-state index is -1.80. The van der Waals surface area contributed by atoms with Crippen LogP contribution in [0.5, 0.6) is 0 Å². The molecule has 0 aromatic carbocycles. The van der Waals surface area contributed by atoms with E-state index in [4.69, 9.17) is 9.16 Å². The zero-order chi connectivity index (χ0) is 15.8. The predicted octanol–water partition coefficient (Wildman–Crippen LogP) is 4.83. The third-order valence-electron chi connectivity index (χ3n) is 3.66. The van der Waals surface area contributed by atoms with Crippen LogP contribution in [-0.2, 0) is 14.0 Å². The van der Waals surface area contributed by atoms with Gasteiger partial charge < -0.3 is 9.16 Å². The van der Waals surface area contributed by atoms with E-state index >= 15 is 0 Å². The maximum Gasteiger partial charge on any atom is 0.337 e. The van der Waals surface area contributed by atoms with Crippen molar-refractivity contribution >= 4 is 36.9 Å². The molecule has 0 N–H and O–H groups in total. The third kappa shape index (κ3) is 5.33. The molecule has 0 aromatic rings. The number of hydrogen-bond donors (Lipinski definition) is 0. The molecule has 5 heteroatoms. The normalized spacial score (nSPS) is 14.0. The Morgan fingerprint density at radius 1 is 1.25 bits per heavy atom. The first kappa shape index (κ1) is 19.9. The first-order valence-corrected chi connectivity index (χ1v) is 11.0. The van der Waals surface area contributed by atoms with Gasteiger partial charge in [0.05, 0.1) is 18.3 Å². The molecule has 0 aliphatic carbocycles. The van der Waals surface area contributed by atoms with Crippen molar-refractivity contribution in [1.29, 1.82) is 0 Å². The van der Waals surface area contributed by atoms with E-state index < -0.39 is 8.32 Å². The molecule has 0 aliphatic rings. The molecule has 0 radical (unpaired) electrons. The van der Waals surface area contributed by atoms with Gasteiger partial charge in [0.2, 0.25) is 0 Å². The van der Waals surface area contributed by atoms with Crippen molar-refractivity contribution in [3.05, 3.63) is 21.8 Å². The molecule has 1 atom stereocenters. The number of ether oxygens (including phenoxy) is 1. The van der Waals surface area contributed by atoms with Crippen LogP contribution < -0.4 is 0 Å². The summed E-state index contributed by atoms with van der Waals surface area (Å²) >= 11 is 2.07. The second-order valence-corrected chi connectivity index (χ2v) is 10.2. The minimum Gasteiger partial charge on any atom is -0.463 e. The third-order valence-corrected chi connectivity index (χ3v) is 8.93. The highest BCUT2D eigenvalue weighted by Gasteiger charge is 2.35. The second kappa shape index (κ2) is 9.73. The smallest absolute Gasteiger partial charge is 0.337 e. The molecule has 20 heavy (non-hydrogen) atoms. The fourth-order valence-corrected chi connectivity index (χ4v) is 5.51. The Morgan fingerprint density at radius 2 is 1.75 bits per heavy atom. The Kier molecular flexibility index (Phi) is 9.66. The molecule has 0 amide bonds. The fourth-order valence-electron chi connectivity index (χ4n) is 2.10. The Labute approximate surface area is 138 Å². The lowest BCUT2D eigenvalue weighted by Gasteiger charge is -2.34. The Balaban J connectivity index is 5.34. The van der Waals surface area contributed by atoms with Gasteiger partial charge in [0.25, 0.3) is 0 Å². The highest BCUT2D eigenvalue weighted by atomic mass is 127. The van der Waals surface area contributed by atoms with E-state index in [-0.39, 0.29) is 12.1 Å². The first-order chi connectivity index (χ1) is 9.41. The van der Waals surface area contributed by atoms with Crippen LogP contribution in [0.2, 0.25) is 18.1 Å². The lowest BCUT2D eigenvalue weighted by atomic mass is 10.1. The Bertz CT molecular complexity index is 354. The van der Waals surface area contributed by atoms with Crippen LogP contribution in [0, 0.1) is 0 Å². The van der Waals surface area contributed by atoms with E-state index in [1.165, 1.54) is 0 Å². The topological polar surface area (TPSA) is 35.5 Å². The van der Waals surface area contributed by atoms with Crippen LogP contribution in [0.1, 0.15) is 34.6 Å². The molecule has 0 fully saturated rings. The summed E-state index contributed by atoms with van der Waals surface area (Å²) in [5.41, 5.74) is 1.42. The summed E-state index contributed by atoms with van der Waals surface area (Å²) in [5, 5.41) is 0. The van der Waals surface area contributed by atoms with Gasteiger partial charge in [-0.2, -0.15) is 0 Å². The Morgan fingerprint density at radius 3 is 2.05 bits per heavy atom. The highest BCUT2D eigenvalue weighted by molar-refractivity contribution is 14.1. The van der Waals surface area contributed by atoms with Crippen molar-refractivity contribution in [2.75, 3.05) is 6.61 Å². The molecule has 0 saturated carbocycles. The van der Waals surface area contributed by atoms with Crippen molar-refractivity contribution in [2.24, 2.45) is 0 Å². The number of carbonyl (C=O) groups excluding carboxylic acids is 1. The SMILES string of the molecule is C=C(C)C(O[Si](CC)(CC)CC)/C(=C\I)C(=O)OCC. The van der Waals surface area contributed by atoms with Crippen LogP contribution >= 0.6 is 22.6 Å². The molecular weight excluding hydrogens is 383 g/mol. The summed E-state index contributed by atoms with van der Waals surface area (Å²) in [4.78, 5) is 12.1. The van der Waals surface area contributed by atoms with Crippen LogP contribution in [0.25, 0.3) is 0 Å². The standard InChI is InChI=1S/C15H27IO3Si/c1-7-18-15(17)13(11-16)14(12(5)6)19-20(8-2,9-3)10-4/h11,14H,5,7-10H2,1-4,6H3/b13-11+. The zero-order valence-electron chi connectivity index (χ0n) is 13.3. The molecule has 0 aromatic heterocycles. The molecule has 0 rings (SSSR count). The predicted molar refractivity (Wildman–Crippen MR) is 95.6 cm³/mol. The fraction of sp³-hybridized carbons (Fsp3) is 0.667. The summed E-state index contributed by atoms with van der Waals surface area (Å²) < 4.78 is 13.3. The van der Waals surface area contributed by atoms with Crippen LogP contribution in [0.15, 0.2) is 21.8 Å². The first-order valence-electron chi connectivity index (χ1n) is 7.21. The van der Waals surface area contributed by atoms with Gasteiger partial charge in [-0.05, 0) is 41.6 Å². The molecule has 0 saturated heterocycles. The number of carbonyl (C=O) groups is 1. The number of halogens is 1. The van der Waals surface area contributed by atoms with Crippen molar-refractivity contribution in [3.8, 4) is 0 Å².